The van der Waals surface area contributed by atoms with Crippen molar-refractivity contribution in [2.45, 2.75) is 156 Å². The van der Waals surface area contributed by atoms with E-state index in [1.54, 1.807) is 11.1 Å². The Hall–Kier alpha value is -1.43. The highest BCUT2D eigenvalue weighted by Crippen LogP contribution is 2.76. The van der Waals surface area contributed by atoms with Crippen LogP contribution in [-0.4, -0.2) is 61.4 Å². The third-order valence-corrected chi connectivity index (χ3v) is 18.2. The fourth-order valence-electron chi connectivity index (χ4n) is 15.6. The number of esters is 1. The molecule has 6 aliphatic carbocycles. The van der Waals surface area contributed by atoms with Crippen LogP contribution in [0.5, 0.6) is 0 Å². The zero-order chi connectivity index (χ0) is 36.0. The first-order valence-electron chi connectivity index (χ1n) is 21.6. The Morgan fingerprint density at radius 2 is 1.82 bits per heavy atom. The Bertz CT molecular complexity index is 1450. The van der Waals surface area contributed by atoms with Crippen LogP contribution in [0.3, 0.4) is 0 Å². The van der Waals surface area contributed by atoms with Crippen LogP contribution in [0, 0.1) is 57.2 Å². The first-order valence-corrected chi connectivity index (χ1v) is 21.6. The number of morpholine rings is 1. The van der Waals surface area contributed by atoms with Gasteiger partial charge in [-0.25, -0.2) is 0 Å². The summed E-state index contributed by atoms with van der Waals surface area (Å²) in [5, 5.41) is 4.36. The van der Waals surface area contributed by atoms with Crippen LogP contribution in [0.1, 0.15) is 138 Å². The number of hydrogen-bond acceptors (Lipinski definition) is 5. The molecule has 2 saturated heterocycles. The van der Waals surface area contributed by atoms with E-state index in [0.717, 1.165) is 56.7 Å². The zero-order valence-electron chi connectivity index (χ0n) is 33.6. The smallest absolute Gasteiger partial charge is 0.306 e. The molecule has 0 amide bonds. The van der Waals surface area contributed by atoms with E-state index in [1.807, 2.05) is 6.92 Å². The molecule has 6 fully saturated rings. The molecule has 2 aliphatic heterocycles. The van der Waals surface area contributed by atoms with E-state index in [0.29, 0.717) is 59.2 Å². The minimum Gasteiger partial charge on any atom is -0.466 e. The maximum Gasteiger partial charge on any atom is 0.306 e. The molecule has 8 aliphatic rings. The van der Waals surface area contributed by atoms with Crippen molar-refractivity contribution >= 4 is 5.97 Å². The molecule has 12 atom stereocenters. The molecule has 0 radical (unpaired) electrons. The Morgan fingerprint density at radius 1 is 1.00 bits per heavy atom. The third-order valence-electron chi connectivity index (χ3n) is 18.2. The predicted molar refractivity (Wildman–Crippen MR) is 207 cm³/mol. The molecule has 0 spiro atoms. The first-order chi connectivity index (χ1) is 24.3. The number of carbonyl (C=O) groups excluding carboxylic acids is 1. The molecule has 1 N–H and O–H groups in total. The van der Waals surface area contributed by atoms with Gasteiger partial charge in [0, 0.05) is 37.6 Å². The van der Waals surface area contributed by atoms with Gasteiger partial charge in [0.25, 0.3) is 0 Å². The zero-order valence-corrected chi connectivity index (χ0v) is 33.6. The van der Waals surface area contributed by atoms with Crippen molar-refractivity contribution in [3.63, 3.8) is 0 Å². The van der Waals surface area contributed by atoms with Gasteiger partial charge >= 0.3 is 5.97 Å². The molecule has 8 rings (SSSR count). The Morgan fingerprint density at radius 3 is 2.51 bits per heavy atom. The van der Waals surface area contributed by atoms with E-state index in [4.69, 9.17) is 9.47 Å². The van der Waals surface area contributed by atoms with Gasteiger partial charge in [-0.1, -0.05) is 58.9 Å². The summed E-state index contributed by atoms with van der Waals surface area (Å²) in [5.74, 6) is 4.05. The number of fused-ring (bicyclic) bond motifs is 9. The standard InChI is InChI=1S/C46H72N2O3/c1-9-50-40(49)26-31-10-12-32(13-11-31)36-17-19-43(6)38(42(36,4)5)18-20-45(8)39(43)15-14-37-41-35(30(2)3)16-21-46(41,23-22-44(37,45)7)47-24-25-48-28-34-27-33(48)29-51-34/h12,17,31,33-35,37-39,41,47H,2,9-11,13-16,18-29H2,1,3-8H3/t31?,33?,34?,35-,37+,38?,39?,41?,43-,44+,45+,46-/m0/s1. The Balaban J connectivity index is 1.02. The van der Waals surface area contributed by atoms with E-state index in [2.05, 4.69) is 70.5 Å². The van der Waals surface area contributed by atoms with Gasteiger partial charge < -0.3 is 14.8 Å². The maximum absolute atomic E-state index is 12.2. The van der Waals surface area contributed by atoms with E-state index >= 15 is 0 Å². The number of hydrogen-bond donors (Lipinski definition) is 1. The molecule has 5 heteroatoms. The minimum atomic E-state index is -0.0241. The van der Waals surface area contributed by atoms with Gasteiger partial charge in [-0.3, -0.25) is 9.69 Å². The van der Waals surface area contributed by atoms with Crippen molar-refractivity contribution in [1.29, 1.82) is 0 Å². The molecule has 0 aromatic heterocycles. The van der Waals surface area contributed by atoms with Crippen molar-refractivity contribution in [1.82, 2.24) is 10.2 Å². The second-order valence-corrected chi connectivity index (χ2v) is 20.5. The fourth-order valence-corrected chi connectivity index (χ4v) is 15.6. The second kappa shape index (κ2) is 13.1. The summed E-state index contributed by atoms with van der Waals surface area (Å²) in [5.41, 5.74) is 6.20. The van der Waals surface area contributed by atoms with Gasteiger partial charge in [-0.15, -0.1) is 0 Å². The molecular weight excluding hydrogens is 629 g/mol. The summed E-state index contributed by atoms with van der Waals surface area (Å²) < 4.78 is 11.2. The van der Waals surface area contributed by atoms with E-state index in [9.17, 15) is 4.79 Å². The maximum atomic E-state index is 12.2. The molecule has 5 nitrogen and oxygen atoms in total. The summed E-state index contributed by atoms with van der Waals surface area (Å²) >= 11 is 0. The largest absolute Gasteiger partial charge is 0.466 e. The highest BCUT2D eigenvalue weighted by Gasteiger charge is 2.70. The van der Waals surface area contributed by atoms with Crippen LogP contribution >= 0.6 is 0 Å². The van der Waals surface area contributed by atoms with Gasteiger partial charge in [0.1, 0.15) is 0 Å². The molecule has 4 saturated carbocycles. The number of likely N-dealkylation sites (tertiary alicyclic amines) is 1. The Labute approximate surface area is 311 Å². The lowest BCUT2D eigenvalue weighted by Gasteiger charge is -2.72. The molecule has 0 aromatic carbocycles. The summed E-state index contributed by atoms with van der Waals surface area (Å²) in [6.45, 7) is 27.3. The molecule has 6 unspecified atom stereocenters. The van der Waals surface area contributed by atoms with Crippen molar-refractivity contribution in [3.05, 3.63) is 35.5 Å². The number of nitrogens with one attached hydrogen (secondary N) is 1. The van der Waals surface area contributed by atoms with Crippen molar-refractivity contribution in [3.8, 4) is 0 Å². The Kier molecular flexibility index (Phi) is 9.39. The lowest BCUT2D eigenvalue weighted by atomic mass is 9.33. The summed E-state index contributed by atoms with van der Waals surface area (Å²) in [6.07, 6.45) is 22.9. The lowest BCUT2D eigenvalue weighted by molar-refractivity contribution is -0.221. The van der Waals surface area contributed by atoms with Crippen LogP contribution in [0.2, 0.25) is 0 Å². The second-order valence-electron chi connectivity index (χ2n) is 20.5. The normalized spacial score (nSPS) is 47.0. The van der Waals surface area contributed by atoms with Crippen LogP contribution < -0.4 is 5.32 Å². The molecule has 284 valence electrons. The lowest BCUT2D eigenvalue weighted by Crippen LogP contribution is -2.68. The van der Waals surface area contributed by atoms with Gasteiger partial charge in [-0.2, -0.15) is 0 Å². The molecule has 2 heterocycles. The van der Waals surface area contributed by atoms with Crippen LogP contribution in [-0.2, 0) is 14.3 Å². The topological polar surface area (TPSA) is 50.8 Å². The summed E-state index contributed by atoms with van der Waals surface area (Å²) in [6, 6.07) is 0.656. The highest BCUT2D eigenvalue weighted by molar-refractivity contribution is 5.69. The predicted octanol–water partition coefficient (Wildman–Crippen LogP) is 9.68. The van der Waals surface area contributed by atoms with Crippen molar-refractivity contribution in [2.24, 2.45) is 57.2 Å². The van der Waals surface area contributed by atoms with E-state index < -0.39 is 0 Å². The van der Waals surface area contributed by atoms with Crippen LogP contribution in [0.4, 0.5) is 0 Å². The number of nitrogens with zero attached hydrogens (tertiary/aromatic N) is 1. The van der Waals surface area contributed by atoms with E-state index in [1.165, 1.54) is 76.3 Å². The number of carbonyl (C=O) groups is 1. The number of allylic oxidation sites excluding steroid dienone is 5. The third kappa shape index (κ3) is 5.65. The number of rotatable bonds is 9. The molecule has 0 aromatic rings. The van der Waals surface area contributed by atoms with Gasteiger partial charge in [0.2, 0.25) is 0 Å². The fraction of sp³-hybridized carbons (Fsp3) is 0.848. The van der Waals surface area contributed by atoms with Crippen LogP contribution in [0.25, 0.3) is 0 Å². The summed E-state index contributed by atoms with van der Waals surface area (Å²) in [4.78, 5) is 14.9. The van der Waals surface area contributed by atoms with Gasteiger partial charge in [-0.05, 0) is 166 Å². The average molecular weight is 701 g/mol. The highest BCUT2D eigenvalue weighted by atomic mass is 16.5. The molecular formula is C46H72N2O3. The van der Waals surface area contributed by atoms with Crippen LogP contribution in [0.15, 0.2) is 35.5 Å². The van der Waals surface area contributed by atoms with Crippen molar-refractivity contribution < 1.29 is 14.3 Å². The van der Waals surface area contributed by atoms with Gasteiger partial charge in [0.15, 0.2) is 0 Å². The monoisotopic (exact) mass is 701 g/mol. The van der Waals surface area contributed by atoms with Crippen molar-refractivity contribution in [2.75, 3.05) is 32.8 Å². The van der Waals surface area contributed by atoms with E-state index in [-0.39, 0.29) is 16.9 Å². The first kappa shape index (κ1) is 36.5. The quantitative estimate of drug-likeness (QED) is 0.192. The minimum absolute atomic E-state index is 0.0241. The molecule has 2 bridgehead atoms. The number of ether oxygens (including phenoxy) is 2. The summed E-state index contributed by atoms with van der Waals surface area (Å²) in [7, 11) is 0. The van der Waals surface area contributed by atoms with Gasteiger partial charge in [0.05, 0.1) is 19.3 Å². The molecule has 51 heavy (non-hydrogen) atoms. The average Bonchev–Trinajstić information content (AvgIpc) is 3.81. The SMILES string of the molecule is C=C(C)[C@@H]1CC[C@]2(NCCN3CC4CC3CO4)CC[C@]3(C)[C@H](CCC4[C@@]5(C)CC=C(C6=CCC(CC(=O)OCC)CC6)C(C)(C)C5CC[C@]43C)C12.